The van der Waals surface area contributed by atoms with Crippen LogP contribution >= 0.6 is 0 Å². The Hall–Kier alpha value is -2.42. The lowest BCUT2D eigenvalue weighted by Crippen LogP contribution is -2.10. The van der Waals surface area contributed by atoms with Gasteiger partial charge in [-0.2, -0.15) is 18.4 Å². The van der Waals surface area contributed by atoms with E-state index in [4.69, 9.17) is 11.0 Å². The largest absolute Gasteiger partial charge is 0.418 e. The lowest BCUT2D eigenvalue weighted by Gasteiger charge is -2.14. The highest BCUT2D eigenvalue weighted by Gasteiger charge is 2.33. The molecule has 0 radical (unpaired) electrons. The zero-order chi connectivity index (χ0) is 14.3. The number of halogens is 3. The number of benzene rings is 1. The summed E-state index contributed by atoms with van der Waals surface area (Å²) in [6, 6.07) is 6.97. The number of hydrogen-bond donors (Lipinski definition) is 2. The number of hydrogen-bond acceptors (Lipinski definition) is 3. The van der Waals surface area contributed by atoms with Crippen molar-refractivity contribution in [3.63, 3.8) is 0 Å². The van der Waals surface area contributed by atoms with E-state index >= 15 is 0 Å². The van der Waals surface area contributed by atoms with Gasteiger partial charge in [-0.3, -0.25) is 0 Å². The topological polar surface area (TPSA) is 61.8 Å². The molecule has 0 fully saturated rings. The predicted octanol–water partition coefficient (Wildman–Crippen LogP) is 3.39. The number of anilines is 1. The maximum Gasteiger partial charge on any atom is 0.418 e. The van der Waals surface area contributed by atoms with Gasteiger partial charge in [0.1, 0.15) is 0 Å². The van der Waals surface area contributed by atoms with Crippen molar-refractivity contribution in [1.29, 1.82) is 5.26 Å². The van der Waals surface area contributed by atoms with Gasteiger partial charge in [-0.25, -0.2) is 0 Å². The molecule has 0 saturated carbocycles. The molecule has 0 spiro atoms. The van der Waals surface area contributed by atoms with Crippen LogP contribution in [0.25, 0.3) is 0 Å². The van der Waals surface area contributed by atoms with Crippen molar-refractivity contribution in [1.82, 2.24) is 0 Å². The first-order valence-corrected chi connectivity index (χ1v) is 5.37. The van der Waals surface area contributed by atoms with Gasteiger partial charge in [0.25, 0.3) is 0 Å². The molecule has 0 unspecified atom stereocenters. The van der Waals surface area contributed by atoms with E-state index in [2.05, 4.69) is 5.32 Å². The zero-order valence-electron chi connectivity index (χ0n) is 9.91. The summed E-state index contributed by atoms with van der Waals surface area (Å²) in [6.07, 6.45) is -0.343. The standard InChI is InChI=1S/C13H12F3N3/c14-13(15,16)11-5-1-2-6-12(11)19-10(7-9-18)4-3-8-17/h1-2,4-7,9,19H,3,18H2/b9-7-,10-4+. The Kier molecular flexibility index (Phi) is 5.01. The summed E-state index contributed by atoms with van der Waals surface area (Å²) in [5, 5.41) is 11.1. The number of nitrogens with one attached hydrogen (secondary N) is 1. The van der Waals surface area contributed by atoms with Crippen molar-refractivity contribution in [2.45, 2.75) is 12.6 Å². The van der Waals surface area contributed by atoms with Crippen LogP contribution in [0, 0.1) is 11.3 Å². The highest BCUT2D eigenvalue weighted by atomic mass is 19.4. The number of alkyl halides is 3. The van der Waals surface area contributed by atoms with Crippen molar-refractivity contribution in [2.75, 3.05) is 5.32 Å². The minimum atomic E-state index is -4.45. The minimum Gasteiger partial charge on any atom is -0.405 e. The molecule has 6 heteroatoms. The van der Waals surface area contributed by atoms with Crippen LogP contribution in [0.3, 0.4) is 0 Å². The van der Waals surface area contributed by atoms with E-state index in [1.807, 2.05) is 6.07 Å². The number of para-hydroxylation sites is 1. The molecule has 0 amide bonds. The fraction of sp³-hybridized carbons (Fsp3) is 0.154. The number of allylic oxidation sites excluding steroid dienone is 2. The Balaban J connectivity index is 3.07. The molecule has 1 aromatic carbocycles. The SMILES string of the molecule is N#CC/C=C(\C=C/N)Nc1ccccc1C(F)(F)F. The first-order chi connectivity index (χ1) is 8.99. The first-order valence-electron chi connectivity index (χ1n) is 5.37. The Bertz CT molecular complexity index is 525. The second-order valence-electron chi connectivity index (χ2n) is 3.55. The summed E-state index contributed by atoms with van der Waals surface area (Å²) < 4.78 is 38.3. The summed E-state index contributed by atoms with van der Waals surface area (Å²) >= 11 is 0. The predicted molar refractivity (Wildman–Crippen MR) is 66.7 cm³/mol. The molecular weight excluding hydrogens is 255 g/mol. The summed E-state index contributed by atoms with van der Waals surface area (Å²) in [5.74, 6) is 0. The highest BCUT2D eigenvalue weighted by molar-refractivity contribution is 5.57. The van der Waals surface area contributed by atoms with Gasteiger partial charge in [-0.05, 0) is 30.5 Å². The highest BCUT2D eigenvalue weighted by Crippen LogP contribution is 2.35. The molecule has 0 aromatic heterocycles. The molecular formula is C13H12F3N3. The van der Waals surface area contributed by atoms with E-state index < -0.39 is 11.7 Å². The van der Waals surface area contributed by atoms with Gasteiger partial charge in [0.15, 0.2) is 0 Å². The Labute approximate surface area is 108 Å². The molecule has 1 rings (SSSR count). The first kappa shape index (κ1) is 14.6. The van der Waals surface area contributed by atoms with Crippen LogP contribution in [-0.4, -0.2) is 0 Å². The van der Waals surface area contributed by atoms with Crippen molar-refractivity contribution < 1.29 is 13.2 Å². The quantitative estimate of drug-likeness (QED) is 0.822. The summed E-state index contributed by atoms with van der Waals surface area (Å²) in [7, 11) is 0. The molecule has 0 aliphatic rings. The van der Waals surface area contributed by atoms with Crippen molar-refractivity contribution in [3.05, 3.63) is 53.9 Å². The number of nitrogens with two attached hydrogens (primary N) is 1. The van der Waals surface area contributed by atoms with Gasteiger partial charge >= 0.3 is 6.18 Å². The van der Waals surface area contributed by atoms with Gasteiger partial charge in [0.05, 0.1) is 23.7 Å². The minimum absolute atomic E-state index is 0.0703. The van der Waals surface area contributed by atoms with E-state index in [9.17, 15) is 13.2 Å². The molecule has 0 bridgehead atoms. The van der Waals surface area contributed by atoms with Gasteiger partial charge < -0.3 is 11.1 Å². The smallest absolute Gasteiger partial charge is 0.405 e. The Morgan fingerprint density at radius 3 is 2.63 bits per heavy atom. The molecule has 0 atom stereocenters. The second-order valence-corrected chi connectivity index (χ2v) is 3.55. The Morgan fingerprint density at radius 2 is 2.05 bits per heavy atom. The molecule has 0 heterocycles. The van der Waals surface area contributed by atoms with E-state index in [-0.39, 0.29) is 12.1 Å². The van der Waals surface area contributed by atoms with E-state index in [0.29, 0.717) is 5.70 Å². The van der Waals surface area contributed by atoms with Gasteiger partial charge in [0.2, 0.25) is 0 Å². The molecule has 0 aliphatic heterocycles. The molecule has 3 N–H and O–H groups in total. The van der Waals surface area contributed by atoms with E-state index in [1.165, 1.54) is 36.6 Å². The average Bonchev–Trinajstić information content (AvgIpc) is 2.35. The molecule has 0 aliphatic carbocycles. The molecule has 0 saturated heterocycles. The van der Waals surface area contributed by atoms with Crippen molar-refractivity contribution >= 4 is 5.69 Å². The number of rotatable bonds is 4. The second kappa shape index (κ2) is 6.50. The molecule has 3 nitrogen and oxygen atoms in total. The van der Waals surface area contributed by atoms with Crippen LogP contribution in [0.15, 0.2) is 48.3 Å². The lowest BCUT2D eigenvalue weighted by molar-refractivity contribution is -0.136. The summed E-state index contributed by atoms with van der Waals surface area (Å²) in [5.41, 5.74) is 4.69. The molecule has 1 aromatic rings. The normalized spacial score (nSPS) is 12.4. The number of nitrogens with zero attached hydrogens (tertiary/aromatic N) is 1. The van der Waals surface area contributed by atoms with E-state index in [1.54, 1.807) is 0 Å². The monoisotopic (exact) mass is 267 g/mol. The van der Waals surface area contributed by atoms with Crippen LogP contribution in [0.4, 0.5) is 18.9 Å². The summed E-state index contributed by atoms with van der Waals surface area (Å²) in [4.78, 5) is 0. The number of nitriles is 1. The van der Waals surface area contributed by atoms with Crippen molar-refractivity contribution in [2.24, 2.45) is 5.73 Å². The molecule has 100 valence electrons. The van der Waals surface area contributed by atoms with Gasteiger partial charge in [0, 0.05) is 5.70 Å². The van der Waals surface area contributed by atoms with Crippen LogP contribution in [-0.2, 0) is 6.18 Å². The van der Waals surface area contributed by atoms with E-state index in [0.717, 1.165) is 6.07 Å². The lowest BCUT2D eigenvalue weighted by atomic mass is 10.1. The van der Waals surface area contributed by atoms with Crippen LogP contribution in [0.2, 0.25) is 0 Å². The maximum atomic E-state index is 12.8. The molecule has 19 heavy (non-hydrogen) atoms. The zero-order valence-corrected chi connectivity index (χ0v) is 9.91. The van der Waals surface area contributed by atoms with Crippen LogP contribution < -0.4 is 11.1 Å². The fourth-order valence-corrected chi connectivity index (χ4v) is 1.41. The van der Waals surface area contributed by atoms with Crippen LogP contribution in [0.5, 0.6) is 0 Å². The Morgan fingerprint density at radius 1 is 1.37 bits per heavy atom. The van der Waals surface area contributed by atoms with Crippen molar-refractivity contribution in [3.8, 4) is 6.07 Å². The van der Waals surface area contributed by atoms with Gasteiger partial charge in [-0.1, -0.05) is 12.1 Å². The van der Waals surface area contributed by atoms with Gasteiger partial charge in [-0.15, -0.1) is 0 Å². The third-order valence-electron chi connectivity index (χ3n) is 2.20. The maximum absolute atomic E-state index is 12.8. The van der Waals surface area contributed by atoms with Crippen LogP contribution in [0.1, 0.15) is 12.0 Å². The third-order valence-corrected chi connectivity index (χ3v) is 2.20. The summed E-state index contributed by atoms with van der Waals surface area (Å²) in [6.45, 7) is 0. The third kappa shape index (κ3) is 4.39. The fourth-order valence-electron chi connectivity index (χ4n) is 1.41. The average molecular weight is 267 g/mol.